The lowest BCUT2D eigenvalue weighted by molar-refractivity contribution is 0.179. The fourth-order valence-electron chi connectivity index (χ4n) is 1.81. The number of hydrogen-bond donors (Lipinski definition) is 1. The molecule has 1 heterocycles. The van der Waals surface area contributed by atoms with Crippen LogP contribution in [0, 0.1) is 5.92 Å². The van der Waals surface area contributed by atoms with E-state index in [1.54, 1.807) is 6.26 Å². The highest BCUT2D eigenvalue weighted by atomic mass is 32.2. The topological polar surface area (TPSA) is 38.3 Å². The molecule has 1 aliphatic rings. The van der Waals surface area contributed by atoms with Gasteiger partial charge in [-0.05, 0) is 19.4 Å². The maximum absolute atomic E-state index is 11.2. The van der Waals surface area contributed by atoms with Crippen LogP contribution in [-0.4, -0.2) is 42.0 Å². The Labute approximate surface area is 89.1 Å². The maximum atomic E-state index is 11.2. The van der Waals surface area contributed by atoms with E-state index >= 15 is 0 Å². The summed E-state index contributed by atoms with van der Waals surface area (Å²) in [7, 11) is -0.713. The first-order valence-corrected chi connectivity index (χ1v) is 7.08. The largest absolute Gasteiger partial charge is 0.381 e. The van der Waals surface area contributed by atoms with Crippen LogP contribution in [0.5, 0.6) is 0 Å². The molecule has 0 radical (unpaired) electrons. The molecule has 0 amide bonds. The van der Waals surface area contributed by atoms with Gasteiger partial charge in [-0.2, -0.15) is 0 Å². The number of ether oxygens (including phenoxy) is 1. The van der Waals surface area contributed by atoms with E-state index in [0.29, 0.717) is 12.0 Å². The van der Waals surface area contributed by atoms with Crippen molar-refractivity contribution in [3.8, 4) is 0 Å². The zero-order valence-corrected chi connectivity index (χ0v) is 9.94. The second-order valence-electron chi connectivity index (χ2n) is 3.92. The summed E-state index contributed by atoms with van der Waals surface area (Å²) < 4.78 is 16.6. The highest BCUT2D eigenvalue weighted by Gasteiger charge is 2.25. The molecule has 14 heavy (non-hydrogen) atoms. The van der Waals surface area contributed by atoms with Crippen molar-refractivity contribution >= 4 is 10.8 Å². The van der Waals surface area contributed by atoms with E-state index in [2.05, 4.69) is 12.2 Å². The van der Waals surface area contributed by atoms with Gasteiger partial charge in [-0.25, -0.2) is 0 Å². The van der Waals surface area contributed by atoms with Gasteiger partial charge >= 0.3 is 0 Å². The Morgan fingerprint density at radius 1 is 1.64 bits per heavy atom. The summed E-state index contributed by atoms with van der Waals surface area (Å²) in [6.07, 6.45) is 4.01. The molecule has 3 nitrogen and oxygen atoms in total. The van der Waals surface area contributed by atoms with E-state index < -0.39 is 10.8 Å². The van der Waals surface area contributed by atoms with Crippen molar-refractivity contribution in [3.63, 3.8) is 0 Å². The monoisotopic (exact) mass is 219 g/mol. The molecule has 1 fully saturated rings. The van der Waals surface area contributed by atoms with E-state index in [-0.39, 0.29) is 0 Å². The molecule has 0 spiro atoms. The highest BCUT2D eigenvalue weighted by molar-refractivity contribution is 7.84. The van der Waals surface area contributed by atoms with Crippen LogP contribution in [0.3, 0.4) is 0 Å². The minimum Gasteiger partial charge on any atom is -0.381 e. The second kappa shape index (κ2) is 6.53. The third-order valence-electron chi connectivity index (χ3n) is 2.60. The quantitative estimate of drug-likeness (QED) is 0.717. The minimum absolute atomic E-state index is 0.378. The molecule has 0 aliphatic carbocycles. The molecule has 1 N–H and O–H groups in total. The molecular weight excluding hydrogens is 198 g/mol. The van der Waals surface area contributed by atoms with E-state index in [0.717, 1.165) is 38.4 Å². The Morgan fingerprint density at radius 2 is 2.43 bits per heavy atom. The Bertz CT molecular complexity index is 181. The number of hydrogen-bond acceptors (Lipinski definition) is 3. The normalized spacial score (nSPS) is 26.3. The maximum Gasteiger partial charge on any atom is 0.0510 e. The fraction of sp³-hybridized carbons (Fsp3) is 1.00. The lowest BCUT2D eigenvalue weighted by Gasteiger charge is -2.22. The molecule has 1 rings (SSSR count). The molecular formula is C10H21NO2S. The first kappa shape index (κ1) is 12.1. The van der Waals surface area contributed by atoms with E-state index in [9.17, 15) is 4.21 Å². The smallest absolute Gasteiger partial charge is 0.0510 e. The van der Waals surface area contributed by atoms with Gasteiger partial charge in [0.1, 0.15) is 0 Å². The summed E-state index contributed by atoms with van der Waals surface area (Å²) >= 11 is 0. The standard InChI is InChI=1S/C10H21NO2S/c1-3-5-11-10(8-14(2)12)9-4-6-13-7-9/h9-11H,3-8H2,1-2H3. The van der Waals surface area contributed by atoms with Crippen molar-refractivity contribution < 1.29 is 8.95 Å². The first-order valence-electron chi connectivity index (χ1n) is 5.35. The van der Waals surface area contributed by atoms with Gasteiger partial charge in [0.2, 0.25) is 0 Å². The van der Waals surface area contributed by atoms with Crippen LogP contribution < -0.4 is 5.32 Å². The van der Waals surface area contributed by atoms with Crippen LogP contribution in [-0.2, 0) is 15.5 Å². The molecule has 0 aromatic heterocycles. The molecule has 84 valence electrons. The van der Waals surface area contributed by atoms with Gasteiger partial charge in [0.25, 0.3) is 0 Å². The predicted molar refractivity (Wildman–Crippen MR) is 59.9 cm³/mol. The van der Waals surface area contributed by atoms with Gasteiger partial charge in [-0.3, -0.25) is 4.21 Å². The summed E-state index contributed by atoms with van der Waals surface area (Å²) in [5, 5.41) is 3.47. The van der Waals surface area contributed by atoms with Gasteiger partial charge in [0, 0.05) is 41.4 Å². The molecule has 0 saturated carbocycles. The van der Waals surface area contributed by atoms with Crippen molar-refractivity contribution in [1.29, 1.82) is 0 Å². The van der Waals surface area contributed by atoms with Gasteiger partial charge < -0.3 is 10.1 Å². The van der Waals surface area contributed by atoms with Crippen molar-refractivity contribution in [1.82, 2.24) is 5.32 Å². The Kier molecular flexibility index (Phi) is 5.67. The van der Waals surface area contributed by atoms with Gasteiger partial charge in [0.05, 0.1) is 6.61 Å². The van der Waals surface area contributed by atoms with Crippen molar-refractivity contribution in [2.75, 3.05) is 31.8 Å². The Morgan fingerprint density at radius 3 is 2.93 bits per heavy atom. The molecule has 3 atom stereocenters. The van der Waals surface area contributed by atoms with E-state index in [1.165, 1.54) is 0 Å². The van der Waals surface area contributed by atoms with Crippen LogP contribution in [0.4, 0.5) is 0 Å². The zero-order valence-electron chi connectivity index (χ0n) is 9.12. The average Bonchev–Trinajstić information content (AvgIpc) is 2.64. The molecule has 3 unspecified atom stereocenters. The zero-order chi connectivity index (χ0) is 10.4. The molecule has 0 bridgehead atoms. The number of rotatable bonds is 6. The Balaban J connectivity index is 2.37. The van der Waals surface area contributed by atoms with Crippen molar-refractivity contribution in [2.24, 2.45) is 5.92 Å². The lowest BCUT2D eigenvalue weighted by Crippen LogP contribution is -2.41. The Hall–Kier alpha value is 0.0700. The van der Waals surface area contributed by atoms with Gasteiger partial charge in [0.15, 0.2) is 0 Å². The second-order valence-corrected chi connectivity index (χ2v) is 5.40. The summed E-state index contributed by atoms with van der Waals surface area (Å²) in [5.74, 6) is 1.32. The summed E-state index contributed by atoms with van der Waals surface area (Å²) in [6, 6.07) is 0.378. The summed E-state index contributed by atoms with van der Waals surface area (Å²) in [6.45, 7) is 4.86. The van der Waals surface area contributed by atoms with Crippen LogP contribution in [0.1, 0.15) is 19.8 Å². The SMILES string of the molecule is CCCNC(CS(C)=O)C1CCOC1. The van der Waals surface area contributed by atoms with Crippen LogP contribution in [0.15, 0.2) is 0 Å². The van der Waals surface area contributed by atoms with E-state index in [1.807, 2.05) is 0 Å². The van der Waals surface area contributed by atoms with Crippen LogP contribution in [0.2, 0.25) is 0 Å². The highest BCUT2D eigenvalue weighted by Crippen LogP contribution is 2.17. The first-order chi connectivity index (χ1) is 6.74. The van der Waals surface area contributed by atoms with Crippen LogP contribution >= 0.6 is 0 Å². The fourth-order valence-corrected chi connectivity index (χ4v) is 2.71. The van der Waals surface area contributed by atoms with Gasteiger partial charge in [-0.1, -0.05) is 6.92 Å². The van der Waals surface area contributed by atoms with E-state index in [4.69, 9.17) is 4.74 Å². The third-order valence-corrected chi connectivity index (χ3v) is 3.43. The lowest BCUT2D eigenvalue weighted by atomic mass is 10.0. The molecule has 4 heteroatoms. The molecule has 1 saturated heterocycles. The predicted octanol–water partition coefficient (Wildman–Crippen LogP) is 0.770. The summed E-state index contributed by atoms with van der Waals surface area (Å²) in [4.78, 5) is 0. The molecule has 0 aromatic carbocycles. The summed E-state index contributed by atoms with van der Waals surface area (Å²) in [5.41, 5.74) is 0. The minimum atomic E-state index is -0.713. The molecule has 0 aromatic rings. The van der Waals surface area contributed by atoms with Crippen molar-refractivity contribution in [2.45, 2.75) is 25.8 Å². The van der Waals surface area contributed by atoms with Crippen LogP contribution in [0.25, 0.3) is 0 Å². The average molecular weight is 219 g/mol. The third kappa shape index (κ3) is 4.07. The number of nitrogens with one attached hydrogen (secondary N) is 1. The van der Waals surface area contributed by atoms with Gasteiger partial charge in [-0.15, -0.1) is 0 Å². The molecule has 1 aliphatic heterocycles. The van der Waals surface area contributed by atoms with Crippen molar-refractivity contribution in [3.05, 3.63) is 0 Å².